The van der Waals surface area contributed by atoms with Gasteiger partial charge >= 0.3 is 0 Å². The van der Waals surface area contributed by atoms with Crippen molar-refractivity contribution < 1.29 is 4.79 Å². The minimum absolute atomic E-state index is 0.0229. The third kappa shape index (κ3) is 3.93. The van der Waals surface area contributed by atoms with Crippen molar-refractivity contribution in [2.45, 2.75) is 40.3 Å². The second-order valence-electron chi connectivity index (χ2n) is 5.04. The first-order chi connectivity index (χ1) is 9.99. The molecule has 6 nitrogen and oxygen atoms in total. The lowest BCUT2D eigenvalue weighted by Crippen LogP contribution is -2.29. The largest absolute Gasteiger partial charge is 0.354 e. The lowest BCUT2D eigenvalue weighted by Gasteiger charge is -2.08. The predicted molar refractivity (Wildman–Crippen MR) is 84.0 cm³/mol. The minimum Gasteiger partial charge on any atom is -0.354 e. The van der Waals surface area contributed by atoms with Gasteiger partial charge in [-0.2, -0.15) is 10.2 Å². The van der Waals surface area contributed by atoms with Crippen LogP contribution in [0.2, 0.25) is 0 Å². The van der Waals surface area contributed by atoms with Crippen LogP contribution in [0.15, 0.2) is 16.7 Å². The van der Waals surface area contributed by atoms with E-state index < -0.39 is 0 Å². The Morgan fingerprint density at radius 2 is 2.10 bits per heavy atom. The van der Waals surface area contributed by atoms with E-state index in [4.69, 9.17) is 0 Å². The van der Waals surface area contributed by atoms with E-state index in [0.29, 0.717) is 6.54 Å². The van der Waals surface area contributed by atoms with E-state index in [0.717, 1.165) is 34.5 Å². The van der Waals surface area contributed by atoms with Gasteiger partial charge in [-0.25, -0.2) is 0 Å². The number of hydrogen-bond acceptors (Lipinski definition) is 3. The van der Waals surface area contributed by atoms with Crippen molar-refractivity contribution in [2.24, 2.45) is 0 Å². The molecule has 0 bridgehead atoms. The molecule has 0 saturated carbocycles. The van der Waals surface area contributed by atoms with E-state index in [2.05, 4.69) is 31.4 Å². The highest BCUT2D eigenvalue weighted by atomic mass is 79.9. The lowest BCUT2D eigenvalue weighted by atomic mass is 10.4. The first-order valence-electron chi connectivity index (χ1n) is 6.93. The normalized spacial score (nSPS) is 10.9. The highest BCUT2D eigenvalue weighted by molar-refractivity contribution is 9.10. The maximum absolute atomic E-state index is 11.9. The summed E-state index contributed by atoms with van der Waals surface area (Å²) < 4.78 is 4.61. The molecule has 0 unspecified atom stereocenters. The molecule has 0 atom stereocenters. The maximum Gasteiger partial charge on any atom is 0.241 e. The molecule has 2 aromatic heterocycles. The fourth-order valence-corrected chi connectivity index (χ4v) is 2.39. The van der Waals surface area contributed by atoms with Crippen LogP contribution in [0.25, 0.3) is 0 Å². The Morgan fingerprint density at radius 3 is 2.67 bits per heavy atom. The van der Waals surface area contributed by atoms with Crippen LogP contribution in [0.3, 0.4) is 0 Å². The van der Waals surface area contributed by atoms with Crippen LogP contribution in [0, 0.1) is 20.8 Å². The minimum atomic E-state index is -0.0229. The second-order valence-corrected chi connectivity index (χ2v) is 5.83. The number of nitrogens with zero attached hydrogens (tertiary/aromatic N) is 4. The van der Waals surface area contributed by atoms with Crippen LogP contribution in [-0.4, -0.2) is 32.0 Å². The van der Waals surface area contributed by atoms with E-state index in [-0.39, 0.29) is 12.5 Å². The van der Waals surface area contributed by atoms with Gasteiger partial charge in [0.1, 0.15) is 6.54 Å². The molecular weight excluding hydrogens is 334 g/mol. The van der Waals surface area contributed by atoms with Gasteiger partial charge in [0, 0.05) is 25.0 Å². The van der Waals surface area contributed by atoms with E-state index >= 15 is 0 Å². The van der Waals surface area contributed by atoms with Crippen LogP contribution >= 0.6 is 15.9 Å². The number of carbonyl (C=O) groups excluding carboxylic acids is 1. The third-order valence-electron chi connectivity index (χ3n) is 3.38. The number of aromatic nitrogens is 4. The van der Waals surface area contributed by atoms with Gasteiger partial charge in [-0.3, -0.25) is 14.2 Å². The van der Waals surface area contributed by atoms with Crippen LogP contribution in [0.5, 0.6) is 0 Å². The average molecular weight is 354 g/mol. The quantitative estimate of drug-likeness (QED) is 0.807. The number of rotatable bonds is 6. The molecule has 2 aromatic rings. The highest BCUT2D eigenvalue weighted by Crippen LogP contribution is 2.19. The molecule has 2 heterocycles. The molecule has 0 fully saturated rings. The molecule has 114 valence electrons. The summed E-state index contributed by atoms with van der Waals surface area (Å²) >= 11 is 3.46. The smallest absolute Gasteiger partial charge is 0.241 e. The lowest BCUT2D eigenvalue weighted by molar-refractivity contribution is -0.121. The van der Waals surface area contributed by atoms with E-state index in [9.17, 15) is 4.79 Å². The predicted octanol–water partition coefficient (Wildman–Crippen LogP) is 1.97. The second kappa shape index (κ2) is 6.89. The van der Waals surface area contributed by atoms with Crippen LogP contribution in [0.4, 0.5) is 0 Å². The van der Waals surface area contributed by atoms with Gasteiger partial charge in [-0.15, -0.1) is 0 Å². The number of hydrogen-bond donors (Lipinski definition) is 1. The zero-order valence-electron chi connectivity index (χ0n) is 12.6. The standard InChI is InChI=1S/C14H20BrN5O/c1-10-5-7-17-19(10)8-4-6-16-13(21)9-20-12(3)14(15)11(2)18-20/h5,7H,4,6,8-9H2,1-3H3,(H,16,21). The molecule has 0 aliphatic rings. The summed E-state index contributed by atoms with van der Waals surface area (Å²) in [7, 11) is 0. The Bertz CT molecular complexity index is 631. The molecule has 0 radical (unpaired) electrons. The zero-order chi connectivity index (χ0) is 15.4. The molecule has 2 rings (SSSR count). The van der Waals surface area contributed by atoms with Crippen LogP contribution < -0.4 is 5.32 Å². The monoisotopic (exact) mass is 353 g/mol. The van der Waals surface area contributed by atoms with Crippen molar-refractivity contribution >= 4 is 21.8 Å². The van der Waals surface area contributed by atoms with Crippen molar-refractivity contribution in [3.05, 3.63) is 33.8 Å². The van der Waals surface area contributed by atoms with Crippen molar-refractivity contribution in [2.75, 3.05) is 6.54 Å². The van der Waals surface area contributed by atoms with Gasteiger partial charge in [0.25, 0.3) is 0 Å². The Balaban J connectivity index is 1.75. The van der Waals surface area contributed by atoms with Gasteiger partial charge in [-0.05, 0) is 49.2 Å². The molecule has 1 amide bonds. The summed E-state index contributed by atoms with van der Waals surface area (Å²) in [6.45, 7) is 7.57. The SMILES string of the molecule is Cc1nn(CC(=O)NCCCn2nccc2C)c(C)c1Br. The number of amides is 1. The number of halogens is 1. The molecule has 1 N–H and O–H groups in total. The molecule has 0 aliphatic heterocycles. The maximum atomic E-state index is 11.9. The average Bonchev–Trinajstić information content (AvgIpc) is 2.95. The van der Waals surface area contributed by atoms with Gasteiger partial charge in [0.05, 0.1) is 15.9 Å². The Labute approximate surface area is 132 Å². The molecule has 0 saturated heterocycles. The summed E-state index contributed by atoms with van der Waals surface area (Å²) in [5.41, 5.74) is 3.00. The van der Waals surface area contributed by atoms with E-state index in [1.54, 1.807) is 10.9 Å². The molecule has 21 heavy (non-hydrogen) atoms. The molecule has 0 spiro atoms. The van der Waals surface area contributed by atoms with E-state index in [1.807, 2.05) is 31.5 Å². The first-order valence-corrected chi connectivity index (χ1v) is 7.73. The van der Waals surface area contributed by atoms with Crippen molar-refractivity contribution in [3.8, 4) is 0 Å². The Morgan fingerprint density at radius 1 is 1.33 bits per heavy atom. The summed E-state index contributed by atoms with van der Waals surface area (Å²) in [6, 6.07) is 1.97. The van der Waals surface area contributed by atoms with Crippen LogP contribution in [-0.2, 0) is 17.9 Å². The van der Waals surface area contributed by atoms with Crippen LogP contribution in [0.1, 0.15) is 23.5 Å². The topological polar surface area (TPSA) is 64.7 Å². The Hall–Kier alpha value is -1.63. The zero-order valence-corrected chi connectivity index (χ0v) is 14.1. The number of aryl methyl sites for hydroxylation is 3. The van der Waals surface area contributed by atoms with Crippen molar-refractivity contribution in [1.82, 2.24) is 24.9 Å². The Kier molecular flexibility index (Phi) is 5.17. The molecule has 7 heteroatoms. The summed E-state index contributed by atoms with van der Waals surface area (Å²) in [5, 5.41) is 11.4. The van der Waals surface area contributed by atoms with Gasteiger partial charge in [0.2, 0.25) is 5.91 Å². The van der Waals surface area contributed by atoms with Gasteiger partial charge in [-0.1, -0.05) is 0 Å². The fourth-order valence-electron chi connectivity index (χ4n) is 2.11. The third-order valence-corrected chi connectivity index (χ3v) is 4.53. The summed E-state index contributed by atoms with van der Waals surface area (Å²) in [6.07, 6.45) is 2.64. The highest BCUT2D eigenvalue weighted by Gasteiger charge is 2.11. The van der Waals surface area contributed by atoms with Gasteiger partial charge in [0.15, 0.2) is 0 Å². The number of carbonyl (C=O) groups is 1. The van der Waals surface area contributed by atoms with E-state index in [1.165, 1.54) is 0 Å². The molecular formula is C14H20BrN5O. The number of nitrogens with one attached hydrogen (secondary N) is 1. The van der Waals surface area contributed by atoms with Crippen molar-refractivity contribution in [1.29, 1.82) is 0 Å². The molecule has 0 aliphatic carbocycles. The van der Waals surface area contributed by atoms with Gasteiger partial charge < -0.3 is 5.32 Å². The van der Waals surface area contributed by atoms with Crippen molar-refractivity contribution in [3.63, 3.8) is 0 Å². The molecule has 0 aromatic carbocycles. The fraction of sp³-hybridized carbons (Fsp3) is 0.500. The summed E-state index contributed by atoms with van der Waals surface area (Å²) in [5.74, 6) is -0.0229. The first kappa shape index (κ1) is 15.8. The summed E-state index contributed by atoms with van der Waals surface area (Å²) in [4.78, 5) is 11.9.